The molecule has 1 saturated heterocycles. The number of aromatic nitrogens is 3. The van der Waals surface area contributed by atoms with E-state index < -0.39 is 18.6 Å². The van der Waals surface area contributed by atoms with E-state index in [4.69, 9.17) is 4.52 Å². The maximum absolute atomic E-state index is 12.7. The van der Waals surface area contributed by atoms with E-state index in [0.717, 1.165) is 0 Å². The van der Waals surface area contributed by atoms with Crippen molar-refractivity contribution in [3.05, 3.63) is 34.5 Å². The highest BCUT2D eigenvalue weighted by Crippen LogP contribution is 2.28. The van der Waals surface area contributed by atoms with Crippen LogP contribution in [-0.4, -0.2) is 57.9 Å². The van der Waals surface area contributed by atoms with Crippen molar-refractivity contribution < 1.29 is 27.3 Å². The second-order valence-electron chi connectivity index (χ2n) is 6.77. The van der Waals surface area contributed by atoms with Gasteiger partial charge in [0.1, 0.15) is 23.6 Å². The van der Waals surface area contributed by atoms with E-state index >= 15 is 0 Å². The van der Waals surface area contributed by atoms with E-state index in [-0.39, 0.29) is 17.5 Å². The number of rotatable bonds is 4. The molecule has 0 atom stereocenters. The van der Waals surface area contributed by atoms with Gasteiger partial charge >= 0.3 is 6.18 Å². The van der Waals surface area contributed by atoms with Crippen LogP contribution in [0.15, 0.2) is 10.6 Å². The van der Waals surface area contributed by atoms with Crippen LogP contribution in [0.5, 0.6) is 0 Å². The van der Waals surface area contributed by atoms with Crippen LogP contribution in [0.4, 0.5) is 13.2 Å². The van der Waals surface area contributed by atoms with Gasteiger partial charge in [-0.25, -0.2) is 0 Å². The average Bonchev–Trinajstić information content (AvgIpc) is 3.26. The molecule has 152 valence electrons. The first-order valence-corrected chi connectivity index (χ1v) is 8.78. The minimum Gasteiger partial charge on any atom is -0.361 e. The Labute approximate surface area is 158 Å². The fourth-order valence-electron chi connectivity index (χ4n) is 3.27. The Kier molecular flexibility index (Phi) is 5.43. The Bertz CT molecular complexity index is 846. The largest absolute Gasteiger partial charge is 0.405 e. The van der Waals surface area contributed by atoms with Gasteiger partial charge in [0, 0.05) is 24.7 Å². The van der Waals surface area contributed by atoms with E-state index in [1.54, 1.807) is 24.1 Å². The molecule has 0 aliphatic carbocycles. The third-order valence-electron chi connectivity index (χ3n) is 4.75. The molecule has 0 spiro atoms. The van der Waals surface area contributed by atoms with Crippen LogP contribution in [0.2, 0.25) is 0 Å². The normalized spacial score (nSPS) is 15.7. The first-order chi connectivity index (χ1) is 13.2. The smallest absolute Gasteiger partial charge is 0.361 e. The number of likely N-dealkylation sites (tertiary alicyclic amines) is 1. The predicted octanol–water partition coefficient (Wildman–Crippen LogP) is 2.33. The topological polar surface area (TPSA) is 104 Å². The zero-order valence-corrected chi connectivity index (χ0v) is 15.4. The summed E-state index contributed by atoms with van der Waals surface area (Å²) in [5, 5.41) is 12.1. The molecule has 0 saturated carbocycles. The number of aryl methyl sites for hydroxylation is 2. The highest BCUT2D eigenvalue weighted by molar-refractivity contribution is 5.96. The molecule has 28 heavy (non-hydrogen) atoms. The van der Waals surface area contributed by atoms with Crippen molar-refractivity contribution >= 4 is 11.8 Å². The van der Waals surface area contributed by atoms with Crippen LogP contribution >= 0.6 is 0 Å². The molecule has 11 heteroatoms. The lowest BCUT2D eigenvalue weighted by atomic mass is 9.93. The van der Waals surface area contributed by atoms with Crippen molar-refractivity contribution in [3.8, 4) is 0 Å². The first-order valence-electron chi connectivity index (χ1n) is 8.78. The number of nitrogens with zero attached hydrogens (tertiary/aromatic N) is 3. The molecule has 1 aliphatic heterocycles. The maximum atomic E-state index is 12.7. The summed E-state index contributed by atoms with van der Waals surface area (Å²) in [5.74, 6) is -0.504. The van der Waals surface area contributed by atoms with Gasteiger partial charge in [0.2, 0.25) is 0 Å². The number of hydrogen-bond donors (Lipinski definition) is 2. The number of amides is 2. The molecule has 0 unspecified atom stereocenters. The van der Waals surface area contributed by atoms with Crippen molar-refractivity contribution in [3.63, 3.8) is 0 Å². The van der Waals surface area contributed by atoms with Crippen molar-refractivity contribution in [2.45, 2.75) is 38.8 Å². The number of halogens is 3. The molecule has 2 aromatic heterocycles. The summed E-state index contributed by atoms with van der Waals surface area (Å²) >= 11 is 0. The summed E-state index contributed by atoms with van der Waals surface area (Å²) in [4.78, 5) is 26.1. The Morgan fingerprint density at radius 2 is 2.00 bits per heavy atom. The van der Waals surface area contributed by atoms with Crippen LogP contribution in [0, 0.1) is 13.8 Å². The molecule has 0 aromatic carbocycles. The Morgan fingerprint density at radius 1 is 1.32 bits per heavy atom. The highest BCUT2D eigenvalue weighted by Gasteiger charge is 2.30. The molecule has 1 aliphatic rings. The van der Waals surface area contributed by atoms with Crippen LogP contribution in [0.1, 0.15) is 56.8 Å². The van der Waals surface area contributed by atoms with Crippen molar-refractivity contribution in [1.82, 2.24) is 25.6 Å². The Balaban J connectivity index is 1.58. The van der Waals surface area contributed by atoms with Crippen LogP contribution in [0.3, 0.4) is 0 Å². The number of carbonyl (C=O) groups excluding carboxylic acids is 2. The van der Waals surface area contributed by atoms with E-state index in [9.17, 15) is 22.8 Å². The number of piperidine rings is 1. The predicted molar refractivity (Wildman–Crippen MR) is 90.8 cm³/mol. The maximum Gasteiger partial charge on any atom is 0.405 e. The number of hydrogen-bond acceptors (Lipinski definition) is 5. The summed E-state index contributed by atoms with van der Waals surface area (Å²) in [7, 11) is 0. The zero-order valence-electron chi connectivity index (χ0n) is 15.4. The molecular formula is C17H20F3N5O3. The lowest BCUT2D eigenvalue weighted by Gasteiger charge is -2.31. The monoisotopic (exact) mass is 399 g/mol. The standard InChI is InChI=1S/C17H20F3N5O3/c1-9-14(10(2)28-24-9)16(27)25-5-3-11(4-6-25)12-7-13(23-22-12)15(26)21-8-17(18,19)20/h7,11H,3-6,8H2,1-2H3,(H,21,26)(H,22,23). The van der Waals surface area contributed by atoms with E-state index in [1.807, 2.05) is 0 Å². The minimum absolute atomic E-state index is 0.0328. The highest BCUT2D eigenvalue weighted by atomic mass is 19.4. The lowest BCUT2D eigenvalue weighted by Crippen LogP contribution is -2.38. The minimum atomic E-state index is -4.48. The molecule has 2 aromatic rings. The van der Waals surface area contributed by atoms with Gasteiger partial charge in [-0.2, -0.15) is 18.3 Å². The lowest BCUT2D eigenvalue weighted by molar-refractivity contribution is -0.123. The van der Waals surface area contributed by atoms with Crippen LogP contribution < -0.4 is 5.32 Å². The van der Waals surface area contributed by atoms with Gasteiger partial charge < -0.3 is 14.7 Å². The van der Waals surface area contributed by atoms with Gasteiger partial charge in [0.25, 0.3) is 11.8 Å². The fourth-order valence-corrected chi connectivity index (χ4v) is 3.27. The molecule has 0 bridgehead atoms. The van der Waals surface area contributed by atoms with Gasteiger partial charge in [-0.3, -0.25) is 14.7 Å². The SMILES string of the molecule is Cc1noc(C)c1C(=O)N1CCC(c2cc(C(=O)NCC(F)(F)F)n[nH]2)CC1. The molecule has 8 nitrogen and oxygen atoms in total. The van der Waals surface area contributed by atoms with Gasteiger partial charge in [0.15, 0.2) is 0 Å². The Hall–Kier alpha value is -2.85. The summed E-state index contributed by atoms with van der Waals surface area (Å²) in [6.45, 7) is 3.00. The van der Waals surface area contributed by atoms with E-state index in [2.05, 4.69) is 15.4 Å². The van der Waals surface area contributed by atoms with Crippen LogP contribution in [0.25, 0.3) is 0 Å². The van der Waals surface area contributed by atoms with Crippen molar-refractivity contribution in [2.24, 2.45) is 0 Å². The van der Waals surface area contributed by atoms with Gasteiger partial charge in [-0.15, -0.1) is 0 Å². The molecule has 3 rings (SSSR count). The summed E-state index contributed by atoms with van der Waals surface area (Å²) < 4.78 is 41.6. The molecule has 1 fully saturated rings. The summed E-state index contributed by atoms with van der Waals surface area (Å²) in [5.41, 5.74) is 1.60. The fraction of sp³-hybridized carbons (Fsp3) is 0.529. The molecule has 2 amide bonds. The summed E-state index contributed by atoms with van der Waals surface area (Å²) in [6.07, 6.45) is -3.20. The van der Waals surface area contributed by atoms with Crippen molar-refractivity contribution in [2.75, 3.05) is 19.6 Å². The Morgan fingerprint density at radius 3 is 2.57 bits per heavy atom. The van der Waals surface area contributed by atoms with Crippen molar-refractivity contribution in [1.29, 1.82) is 0 Å². The molecule has 2 N–H and O–H groups in total. The first kappa shape index (κ1) is 19.9. The third kappa shape index (κ3) is 4.34. The number of aromatic amines is 1. The number of alkyl halides is 3. The molecule has 3 heterocycles. The summed E-state index contributed by atoms with van der Waals surface area (Å²) in [6, 6.07) is 1.46. The van der Waals surface area contributed by atoms with E-state index in [1.165, 1.54) is 6.07 Å². The van der Waals surface area contributed by atoms with Gasteiger partial charge in [-0.1, -0.05) is 5.16 Å². The number of nitrogens with one attached hydrogen (secondary N) is 2. The second-order valence-corrected chi connectivity index (χ2v) is 6.77. The molecular weight excluding hydrogens is 379 g/mol. The molecule has 0 radical (unpaired) electrons. The van der Waals surface area contributed by atoms with Gasteiger partial charge in [-0.05, 0) is 32.8 Å². The average molecular weight is 399 g/mol. The van der Waals surface area contributed by atoms with E-state index in [0.29, 0.717) is 48.6 Å². The van der Waals surface area contributed by atoms with Gasteiger partial charge in [0.05, 0.1) is 5.69 Å². The number of H-pyrrole nitrogens is 1. The second kappa shape index (κ2) is 7.64. The third-order valence-corrected chi connectivity index (χ3v) is 4.75. The quantitative estimate of drug-likeness (QED) is 0.821. The zero-order chi connectivity index (χ0) is 20.5. The number of carbonyl (C=O) groups is 2. The van der Waals surface area contributed by atoms with Crippen LogP contribution in [-0.2, 0) is 0 Å².